The van der Waals surface area contributed by atoms with Crippen LogP contribution in [0.1, 0.15) is 36.9 Å². The Balaban J connectivity index is 1.45. The quantitative estimate of drug-likeness (QED) is 0.674. The summed E-state index contributed by atoms with van der Waals surface area (Å²) in [6.45, 7) is 6.36. The highest BCUT2D eigenvalue weighted by molar-refractivity contribution is 5.80. The first kappa shape index (κ1) is 18.2. The highest BCUT2D eigenvalue weighted by Gasteiger charge is 2.36. The Morgan fingerprint density at radius 3 is 1.81 bits per heavy atom. The maximum absolute atomic E-state index is 12.4. The van der Waals surface area contributed by atoms with Crippen molar-refractivity contribution in [2.24, 2.45) is 0 Å². The fourth-order valence-corrected chi connectivity index (χ4v) is 4.31. The van der Waals surface area contributed by atoms with E-state index in [1.807, 2.05) is 0 Å². The molecule has 0 radical (unpaired) electrons. The fraction of sp³-hybridized carbons (Fsp3) is 0.435. The minimum absolute atomic E-state index is 0.0547. The molecular weight excluding hydrogens is 334 g/mol. The molecule has 3 N–H and O–H groups in total. The Kier molecular flexibility index (Phi) is 5.55. The van der Waals surface area contributed by atoms with Crippen LogP contribution in [0.4, 0.5) is 0 Å². The first-order chi connectivity index (χ1) is 13.2. The van der Waals surface area contributed by atoms with E-state index in [1.165, 1.54) is 16.0 Å². The largest absolute Gasteiger partial charge is 0.348 e. The maximum atomic E-state index is 12.4. The number of carbonyl (C=O) groups is 1. The molecule has 1 amide bonds. The number of benzene rings is 2. The summed E-state index contributed by atoms with van der Waals surface area (Å²) in [5.74, 6) is 0.235. The molecule has 4 nitrogen and oxygen atoms in total. The average Bonchev–Trinajstić information content (AvgIpc) is 3.54. The van der Waals surface area contributed by atoms with E-state index in [-0.39, 0.29) is 11.9 Å². The minimum atomic E-state index is 0.0547. The number of piperazine rings is 1. The molecule has 1 atom stereocenters. The molecule has 0 aromatic heterocycles. The van der Waals surface area contributed by atoms with Gasteiger partial charge in [0.15, 0.2) is 6.04 Å². The molecule has 1 saturated heterocycles. The predicted molar refractivity (Wildman–Crippen MR) is 107 cm³/mol. The molecule has 2 aromatic rings. The topological polar surface area (TPSA) is 38.0 Å². The van der Waals surface area contributed by atoms with Crippen LogP contribution in [0.5, 0.6) is 0 Å². The second-order valence-electron chi connectivity index (χ2n) is 8.08. The van der Waals surface area contributed by atoms with Gasteiger partial charge >= 0.3 is 0 Å². The van der Waals surface area contributed by atoms with E-state index in [2.05, 4.69) is 72.9 Å². The molecule has 27 heavy (non-hydrogen) atoms. The van der Waals surface area contributed by atoms with Crippen LogP contribution in [0.15, 0.2) is 60.7 Å². The summed E-state index contributed by atoms with van der Waals surface area (Å²) < 4.78 is 0. The zero-order chi connectivity index (χ0) is 18.6. The lowest BCUT2D eigenvalue weighted by atomic mass is 9.96. The van der Waals surface area contributed by atoms with E-state index in [4.69, 9.17) is 0 Å². The smallest absolute Gasteiger partial charge is 0.278 e. The summed E-state index contributed by atoms with van der Waals surface area (Å²) in [5, 5.41) is 3.17. The lowest BCUT2D eigenvalue weighted by Gasteiger charge is -2.36. The Bertz CT molecular complexity index is 697. The van der Waals surface area contributed by atoms with E-state index >= 15 is 0 Å². The average molecular weight is 366 g/mol. The number of nitrogens with one attached hydrogen (secondary N) is 3. The molecule has 4 rings (SSSR count). The molecule has 2 fully saturated rings. The third-order valence-corrected chi connectivity index (χ3v) is 6.14. The van der Waals surface area contributed by atoms with Crippen molar-refractivity contribution in [3.8, 4) is 0 Å². The fourth-order valence-electron chi connectivity index (χ4n) is 4.31. The van der Waals surface area contributed by atoms with Gasteiger partial charge < -0.3 is 15.1 Å². The van der Waals surface area contributed by atoms with Crippen LogP contribution < -0.4 is 15.1 Å². The summed E-state index contributed by atoms with van der Waals surface area (Å²) in [5.41, 5.74) is 2.75. The van der Waals surface area contributed by atoms with E-state index in [0.717, 1.165) is 39.0 Å². The first-order valence-electron chi connectivity index (χ1n) is 10.3. The Labute approximate surface area is 162 Å². The maximum Gasteiger partial charge on any atom is 0.278 e. The first-order valence-corrected chi connectivity index (χ1v) is 10.3. The molecule has 1 saturated carbocycles. The molecule has 0 spiro atoms. The summed E-state index contributed by atoms with van der Waals surface area (Å²) in [4.78, 5) is 15.4. The van der Waals surface area contributed by atoms with E-state index in [0.29, 0.717) is 12.1 Å². The van der Waals surface area contributed by atoms with Crippen molar-refractivity contribution in [2.75, 3.05) is 26.2 Å². The number of rotatable bonds is 6. The van der Waals surface area contributed by atoms with Crippen LogP contribution in [0, 0.1) is 0 Å². The third kappa shape index (κ3) is 4.40. The van der Waals surface area contributed by atoms with Gasteiger partial charge in [-0.05, 0) is 19.8 Å². The molecule has 2 aliphatic rings. The van der Waals surface area contributed by atoms with Crippen LogP contribution in [0.2, 0.25) is 0 Å². The molecular formula is C23H31N3O+2. The highest BCUT2D eigenvalue weighted by atomic mass is 16.2. The van der Waals surface area contributed by atoms with Crippen LogP contribution in [0.25, 0.3) is 0 Å². The lowest BCUT2D eigenvalue weighted by Crippen LogP contribution is -3.30. The van der Waals surface area contributed by atoms with Crippen LogP contribution in [-0.4, -0.2) is 44.2 Å². The van der Waals surface area contributed by atoms with Gasteiger partial charge in [-0.15, -0.1) is 0 Å². The third-order valence-electron chi connectivity index (χ3n) is 6.14. The summed E-state index contributed by atoms with van der Waals surface area (Å²) in [6, 6.07) is 22.6. The van der Waals surface area contributed by atoms with Crippen LogP contribution in [0.3, 0.4) is 0 Å². The Morgan fingerprint density at radius 1 is 0.852 bits per heavy atom. The van der Waals surface area contributed by atoms with Gasteiger partial charge in [0.05, 0.1) is 0 Å². The minimum Gasteiger partial charge on any atom is -0.348 e. The molecule has 1 aliphatic heterocycles. The lowest BCUT2D eigenvalue weighted by molar-refractivity contribution is -1.03. The molecule has 1 aliphatic carbocycles. The van der Waals surface area contributed by atoms with Gasteiger partial charge in [-0.25, -0.2) is 0 Å². The van der Waals surface area contributed by atoms with Gasteiger partial charge in [-0.2, -0.15) is 0 Å². The molecule has 4 heteroatoms. The SMILES string of the molecule is C[C@H](C(=O)NC1CC1)[NH+]1CC[NH+](C(c2ccccc2)c2ccccc2)CC1. The van der Waals surface area contributed by atoms with Crippen molar-refractivity contribution >= 4 is 5.91 Å². The van der Waals surface area contributed by atoms with Crippen molar-refractivity contribution < 1.29 is 14.6 Å². The van der Waals surface area contributed by atoms with Crippen LogP contribution in [-0.2, 0) is 4.79 Å². The van der Waals surface area contributed by atoms with Gasteiger partial charge in [0.25, 0.3) is 5.91 Å². The van der Waals surface area contributed by atoms with Crippen molar-refractivity contribution in [3.05, 3.63) is 71.8 Å². The van der Waals surface area contributed by atoms with Gasteiger partial charge in [0.1, 0.15) is 32.2 Å². The monoisotopic (exact) mass is 365 g/mol. The van der Waals surface area contributed by atoms with Gasteiger partial charge in [0, 0.05) is 17.2 Å². The molecule has 0 unspecified atom stereocenters. The summed E-state index contributed by atoms with van der Waals surface area (Å²) in [7, 11) is 0. The zero-order valence-electron chi connectivity index (χ0n) is 16.2. The highest BCUT2D eigenvalue weighted by Crippen LogP contribution is 2.19. The number of amides is 1. The van der Waals surface area contributed by atoms with Gasteiger partial charge in [-0.1, -0.05) is 60.7 Å². The van der Waals surface area contributed by atoms with E-state index in [1.54, 1.807) is 4.90 Å². The second-order valence-corrected chi connectivity index (χ2v) is 8.08. The standard InChI is InChI=1S/C23H29N3O/c1-18(23(27)24-21-12-13-21)25-14-16-26(17-15-25)22(19-8-4-2-5-9-19)20-10-6-3-7-11-20/h2-11,18,21-22H,12-17H2,1H3,(H,24,27)/p+2/t18-/m1/s1. The van der Waals surface area contributed by atoms with E-state index < -0.39 is 0 Å². The predicted octanol–water partition coefficient (Wildman–Crippen LogP) is 0.227. The molecule has 0 bridgehead atoms. The summed E-state index contributed by atoms with van der Waals surface area (Å²) >= 11 is 0. The second kappa shape index (κ2) is 8.24. The van der Waals surface area contributed by atoms with Gasteiger partial charge in [-0.3, -0.25) is 4.79 Å². The number of quaternary nitrogens is 2. The number of hydrogen-bond acceptors (Lipinski definition) is 1. The van der Waals surface area contributed by atoms with Crippen molar-refractivity contribution in [1.82, 2.24) is 5.32 Å². The van der Waals surface area contributed by atoms with Crippen molar-refractivity contribution in [2.45, 2.75) is 37.9 Å². The normalized spacial score (nSPS) is 23.8. The zero-order valence-corrected chi connectivity index (χ0v) is 16.2. The van der Waals surface area contributed by atoms with Gasteiger partial charge in [0.2, 0.25) is 0 Å². The Hall–Kier alpha value is -2.17. The van der Waals surface area contributed by atoms with E-state index in [9.17, 15) is 4.79 Å². The molecule has 1 heterocycles. The van der Waals surface area contributed by atoms with Crippen LogP contribution >= 0.6 is 0 Å². The Morgan fingerprint density at radius 2 is 1.33 bits per heavy atom. The molecule has 142 valence electrons. The molecule has 2 aromatic carbocycles. The summed E-state index contributed by atoms with van der Waals surface area (Å²) in [6.07, 6.45) is 2.31. The van der Waals surface area contributed by atoms with Crippen molar-refractivity contribution in [1.29, 1.82) is 0 Å². The number of hydrogen-bond donors (Lipinski definition) is 3. The number of carbonyl (C=O) groups excluding carboxylic acids is 1. The van der Waals surface area contributed by atoms with Crippen molar-refractivity contribution in [3.63, 3.8) is 0 Å².